The quantitative estimate of drug-likeness (QED) is 0.420. The molecule has 1 fully saturated rings. The van der Waals surface area contributed by atoms with Gasteiger partial charge in [0.05, 0.1) is 27.1 Å². The summed E-state index contributed by atoms with van der Waals surface area (Å²) < 4.78 is 0. The van der Waals surface area contributed by atoms with E-state index in [1.54, 1.807) is 6.07 Å². The topological polar surface area (TPSA) is 157 Å². The number of rotatable bonds is 7. The molecule has 1 aliphatic heterocycles. The van der Waals surface area contributed by atoms with Gasteiger partial charge in [0.2, 0.25) is 0 Å². The van der Waals surface area contributed by atoms with Crippen LogP contribution in [0.1, 0.15) is 18.4 Å². The lowest BCUT2D eigenvalue weighted by molar-refractivity contribution is -0.393. The Kier molecular flexibility index (Phi) is 5.62. The van der Waals surface area contributed by atoms with Gasteiger partial charge < -0.3 is 4.90 Å². The van der Waals surface area contributed by atoms with Gasteiger partial charge in [0, 0.05) is 42.5 Å². The summed E-state index contributed by atoms with van der Waals surface area (Å²) in [4.78, 5) is 33.2. The van der Waals surface area contributed by atoms with Gasteiger partial charge in [-0.1, -0.05) is 0 Å². The molecule has 0 aromatic heterocycles. The maximum Gasteiger partial charge on any atom is 0.301 e. The Morgan fingerprint density at radius 3 is 2.14 bits per heavy atom. The molecule has 2 aromatic carbocycles. The molecule has 1 aliphatic rings. The summed E-state index contributed by atoms with van der Waals surface area (Å²) in [6, 6.07) is 7.58. The molecule has 0 radical (unpaired) electrons. The van der Waals surface area contributed by atoms with E-state index >= 15 is 0 Å². The number of benzene rings is 2. The van der Waals surface area contributed by atoms with Gasteiger partial charge in [-0.15, -0.1) is 0 Å². The van der Waals surface area contributed by atoms with Gasteiger partial charge in [-0.3, -0.25) is 35.8 Å². The van der Waals surface area contributed by atoms with Crippen molar-refractivity contribution in [2.45, 2.75) is 12.8 Å². The highest BCUT2D eigenvalue weighted by Crippen LogP contribution is 2.30. The minimum atomic E-state index is -0.756. The van der Waals surface area contributed by atoms with Crippen molar-refractivity contribution in [3.8, 4) is 0 Å². The second-order valence-electron chi connectivity index (χ2n) is 6.28. The standard InChI is InChI=1S/C17H16N6O6/c24-21(25)13-4-6-16(20-7-1-2-8-20)12(9-13)11-18-19-15-5-3-14(22(26)27)10-17(15)23(28)29/h3-6,9-11,19H,1-2,7-8H2/b18-11-. The first-order chi connectivity index (χ1) is 13.9. The van der Waals surface area contributed by atoms with Crippen molar-refractivity contribution in [2.75, 3.05) is 23.4 Å². The van der Waals surface area contributed by atoms with Gasteiger partial charge in [-0.25, -0.2) is 0 Å². The lowest BCUT2D eigenvalue weighted by Crippen LogP contribution is -2.19. The highest BCUT2D eigenvalue weighted by molar-refractivity contribution is 5.90. The fourth-order valence-electron chi connectivity index (χ4n) is 3.06. The van der Waals surface area contributed by atoms with E-state index in [1.165, 1.54) is 24.4 Å². The molecule has 0 aliphatic carbocycles. The number of hydrazone groups is 1. The first kappa shape index (κ1) is 19.7. The van der Waals surface area contributed by atoms with E-state index in [0.717, 1.165) is 43.8 Å². The Labute approximate surface area is 163 Å². The minimum absolute atomic E-state index is 0.0370. The summed E-state index contributed by atoms with van der Waals surface area (Å²) >= 11 is 0. The molecule has 1 saturated heterocycles. The van der Waals surface area contributed by atoms with Crippen LogP contribution in [0.3, 0.4) is 0 Å². The third-order valence-electron chi connectivity index (χ3n) is 4.45. The fourth-order valence-corrected chi connectivity index (χ4v) is 3.06. The maximum atomic E-state index is 11.2. The Morgan fingerprint density at radius 2 is 1.52 bits per heavy atom. The van der Waals surface area contributed by atoms with Crippen LogP contribution in [0.2, 0.25) is 0 Å². The van der Waals surface area contributed by atoms with Gasteiger partial charge in [-0.05, 0) is 25.0 Å². The third-order valence-corrected chi connectivity index (χ3v) is 4.45. The van der Waals surface area contributed by atoms with Crippen molar-refractivity contribution >= 4 is 34.7 Å². The van der Waals surface area contributed by atoms with Crippen LogP contribution in [0, 0.1) is 30.3 Å². The molecule has 0 spiro atoms. The van der Waals surface area contributed by atoms with Crippen LogP contribution in [-0.4, -0.2) is 34.1 Å². The Balaban J connectivity index is 1.89. The zero-order chi connectivity index (χ0) is 21.0. The molecule has 12 heteroatoms. The second-order valence-corrected chi connectivity index (χ2v) is 6.28. The lowest BCUT2D eigenvalue weighted by Gasteiger charge is -2.19. The molecule has 0 unspecified atom stereocenters. The summed E-state index contributed by atoms with van der Waals surface area (Å²) in [7, 11) is 0. The fraction of sp³-hybridized carbons (Fsp3) is 0.235. The van der Waals surface area contributed by atoms with Gasteiger partial charge >= 0.3 is 5.69 Å². The van der Waals surface area contributed by atoms with Crippen LogP contribution in [0.5, 0.6) is 0 Å². The van der Waals surface area contributed by atoms with E-state index in [1.807, 2.05) is 0 Å². The predicted octanol–water partition coefficient (Wildman–Crippen LogP) is 3.46. The molecule has 3 rings (SSSR count). The van der Waals surface area contributed by atoms with Crippen LogP contribution in [0.15, 0.2) is 41.5 Å². The van der Waals surface area contributed by atoms with Crippen LogP contribution in [-0.2, 0) is 0 Å². The van der Waals surface area contributed by atoms with Crippen LogP contribution >= 0.6 is 0 Å². The molecule has 0 saturated carbocycles. The molecule has 1 heterocycles. The highest BCUT2D eigenvalue weighted by Gasteiger charge is 2.20. The van der Waals surface area contributed by atoms with Crippen LogP contribution in [0.4, 0.5) is 28.4 Å². The monoisotopic (exact) mass is 400 g/mol. The van der Waals surface area contributed by atoms with E-state index in [0.29, 0.717) is 5.56 Å². The number of nitro groups is 3. The summed E-state index contributed by atoms with van der Waals surface area (Å²) in [5, 5.41) is 37.0. The molecule has 0 atom stereocenters. The molecule has 0 bridgehead atoms. The molecule has 12 nitrogen and oxygen atoms in total. The number of nitrogens with zero attached hydrogens (tertiary/aromatic N) is 5. The van der Waals surface area contributed by atoms with E-state index in [9.17, 15) is 30.3 Å². The van der Waals surface area contributed by atoms with Gasteiger partial charge in [0.25, 0.3) is 11.4 Å². The molecule has 0 amide bonds. The Bertz CT molecular complexity index is 1000. The van der Waals surface area contributed by atoms with E-state index in [4.69, 9.17) is 0 Å². The third kappa shape index (κ3) is 4.43. The zero-order valence-corrected chi connectivity index (χ0v) is 15.1. The first-order valence-electron chi connectivity index (χ1n) is 8.62. The van der Waals surface area contributed by atoms with Crippen LogP contribution in [0.25, 0.3) is 0 Å². The largest absolute Gasteiger partial charge is 0.371 e. The number of anilines is 2. The van der Waals surface area contributed by atoms with Crippen molar-refractivity contribution < 1.29 is 14.8 Å². The molecular formula is C17H16N6O6. The van der Waals surface area contributed by atoms with Crippen molar-refractivity contribution in [1.82, 2.24) is 0 Å². The van der Waals surface area contributed by atoms with Gasteiger partial charge in [-0.2, -0.15) is 5.10 Å². The Hall–Kier alpha value is -4.09. The maximum absolute atomic E-state index is 11.2. The average molecular weight is 400 g/mol. The SMILES string of the molecule is O=[N+]([O-])c1ccc(N2CCCC2)c(/C=N\Nc2ccc([N+](=O)[O-])cc2[N+](=O)[O-])c1. The smallest absolute Gasteiger partial charge is 0.301 e. The Morgan fingerprint density at radius 1 is 0.897 bits per heavy atom. The summed E-state index contributed by atoms with van der Waals surface area (Å²) in [5.41, 5.74) is 2.69. The normalized spacial score (nSPS) is 13.6. The van der Waals surface area contributed by atoms with Crippen molar-refractivity contribution in [1.29, 1.82) is 0 Å². The van der Waals surface area contributed by atoms with Crippen molar-refractivity contribution in [3.63, 3.8) is 0 Å². The minimum Gasteiger partial charge on any atom is -0.371 e. The molecule has 2 aromatic rings. The summed E-state index contributed by atoms with van der Waals surface area (Å²) in [5.74, 6) is 0. The molecule has 150 valence electrons. The highest BCUT2D eigenvalue weighted by atomic mass is 16.6. The van der Waals surface area contributed by atoms with E-state index in [-0.39, 0.29) is 11.4 Å². The lowest BCUT2D eigenvalue weighted by atomic mass is 10.1. The first-order valence-corrected chi connectivity index (χ1v) is 8.62. The number of hydrogen-bond donors (Lipinski definition) is 1. The van der Waals surface area contributed by atoms with Crippen LogP contribution < -0.4 is 10.3 Å². The molecule has 1 N–H and O–H groups in total. The number of non-ortho nitro benzene ring substituents is 2. The summed E-state index contributed by atoms with van der Waals surface area (Å²) in [6.07, 6.45) is 3.37. The predicted molar refractivity (Wildman–Crippen MR) is 106 cm³/mol. The average Bonchev–Trinajstić information content (AvgIpc) is 3.22. The molecular weight excluding hydrogens is 384 g/mol. The van der Waals surface area contributed by atoms with Gasteiger partial charge in [0.1, 0.15) is 5.69 Å². The van der Waals surface area contributed by atoms with E-state index in [2.05, 4.69) is 15.4 Å². The second kappa shape index (κ2) is 8.29. The number of hydrogen-bond acceptors (Lipinski definition) is 9. The zero-order valence-electron chi connectivity index (χ0n) is 15.1. The number of nitrogens with one attached hydrogen (secondary N) is 1. The van der Waals surface area contributed by atoms with Crippen molar-refractivity contribution in [3.05, 3.63) is 72.3 Å². The van der Waals surface area contributed by atoms with Gasteiger partial charge in [0.15, 0.2) is 0 Å². The van der Waals surface area contributed by atoms with Crippen molar-refractivity contribution in [2.24, 2.45) is 5.10 Å². The van der Waals surface area contributed by atoms with E-state index < -0.39 is 26.1 Å². The summed E-state index contributed by atoms with van der Waals surface area (Å²) in [6.45, 7) is 1.64. The molecule has 29 heavy (non-hydrogen) atoms. The number of nitro benzene ring substituents is 3.